The Kier molecular flexibility index (Phi) is 6.74. The van der Waals surface area contributed by atoms with Gasteiger partial charge in [-0.15, -0.1) is 0 Å². The van der Waals surface area contributed by atoms with Gasteiger partial charge in [0, 0.05) is 30.4 Å². The van der Waals surface area contributed by atoms with Crippen molar-refractivity contribution in [2.45, 2.75) is 45.7 Å². The Labute approximate surface area is 154 Å². The Hall–Kier alpha value is -2.41. The lowest BCUT2D eigenvalue weighted by Gasteiger charge is -2.25. The number of carbonyl (C=O) groups excluding carboxylic acids is 2. The molecular weight excluding hydrogens is 334 g/mol. The Bertz CT molecular complexity index is 651. The van der Waals surface area contributed by atoms with E-state index in [4.69, 9.17) is 0 Å². The van der Waals surface area contributed by atoms with E-state index in [9.17, 15) is 19.5 Å². The van der Waals surface area contributed by atoms with Crippen LogP contribution >= 0.6 is 0 Å². The van der Waals surface area contributed by atoms with Gasteiger partial charge >= 0.3 is 5.97 Å². The van der Waals surface area contributed by atoms with Crippen molar-refractivity contribution in [3.05, 3.63) is 29.8 Å². The van der Waals surface area contributed by atoms with Gasteiger partial charge in [0.15, 0.2) is 0 Å². The van der Waals surface area contributed by atoms with E-state index in [-0.39, 0.29) is 24.4 Å². The summed E-state index contributed by atoms with van der Waals surface area (Å²) in [7, 11) is 0. The number of anilines is 1. The van der Waals surface area contributed by atoms with Crippen LogP contribution in [0.5, 0.6) is 0 Å². The number of nitrogens with zero attached hydrogens (tertiary/aromatic N) is 2. The first-order chi connectivity index (χ1) is 12.4. The molecule has 1 aliphatic carbocycles. The van der Waals surface area contributed by atoms with Gasteiger partial charge in [0.2, 0.25) is 5.91 Å². The van der Waals surface area contributed by atoms with Crippen molar-refractivity contribution in [2.75, 3.05) is 25.0 Å². The number of carboxylic acid groups (broad SMARTS) is 1. The number of carbonyl (C=O) groups is 3. The van der Waals surface area contributed by atoms with E-state index < -0.39 is 12.0 Å². The third kappa shape index (κ3) is 5.05. The minimum atomic E-state index is -0.927. The normalized spacial score (nSPS) is 14.8. The van der Waals surface area contributed by atoms with E-state index in [1.54, 1.807) is 41.0 Å². The van der Waals surface area contributed by atoms with Gasteiger partial charge in [0.1, 0.15) is 6.04 Å². The molecule has 1 aliphatic rings. The molecule has 142 valence electrons. The van der Waals surface area contributed by atoms with E-state index in [1.165, 1.54) is 0 Å². The smallest absolute Gasteiger partial charge is 0.320 e. The average Bonchev–Trinajstić information content (AvgIpc) is 3.45. The van der Waals surface area contributed by atoms with Crippen LogP contribution in [0.15, 0.2) is 24.3 Å². The molecule has 1 unspecified atom stereocenters. The third-order valence-corrected chi connectivity index (χ3v) is 4.66. The molecule has 0 aliphatic heterocycles. The summed E-state index contributed by atoms with van der Waals surface area (Å²) in [6.07, 6.45) is 1.85. The van der Waals surface area contributed by atoms with E-state index in [2.05, 4.69) is 5.32 Å². The molecule has 26 heavy (non-hydrogen) atoms. The lowest BCUT2D eigenvalue weighted by atomic mass is 10.1. The van der Waals surface area contributed by atoms with Crippen LogP contribution in [0.3, 0.4) is 0 Å². The maximum absolute atomic E-state index is 12.3. The molecule has 7 heteroatoms. The summed E-state index contributed by atoms with van der Waals surface area (Å²) in [6.45, 7) is 6.79. The van der Waals surface area contributed by atoms with Gasteiger partial charge in [-0.2, -0.15) is 0 Å². The van der Waals surface area contributed by atoms with Crippen LogP contribution in [0.2, 0.25) is 0 Å². The van der Waals surface area contributed by atoms with Gasteiger partial charge < -0.3 is 15.3 Å². The lowest BCUT2D eigenvalue weighted by molar-refractivity contribution is -0.143. The SMILES string of the molecule is CCN(CC)C(=O)c1ccc(NC(=O)CN(C2CC2)C(C)C(=O)O)cc1. The molecule has 0 bridgehead atoms. The maximum atomic E-state index is 12.3. The number of hydrogen-bond acceptors (Lipinski definition) is 4. The Morgan fingerprint density at radius 1 is 1.15 bits per heavy atom. The molecule has 1 atom stereocenters. The summed E-state index contributed by atoms with van der Waals surface area (Å²) in [6, 6.07) is 6.24. The highest BCUT2D eigenvalue weighted by Gasteiger charge is 2.36. The summed E-state index contributed by atoms with van der Waals surface area (Å²) >= 11 is 0. The van der Waals surface area contributed by atoms with Crippen molar-refractivity contribution in [2.24, 2.45) is 0 Å². The van der Waals surface area contributed by atoms with E-state index >= 15 is 0 Å². The molecule has 2 rings (SSSR count). The van der Waals surface area contributed by atoms with Gasteiger partial charge in [-0.25, -0.2) is 0 Å². The third-order valence-electron chi connectivity index (χ3n) is 4.66. The van der Waals surface area contributed by atoms with Crippen molar-refractivity contribution in [3.63, 3.8) is 0 Å². The first-order valence-electron chi connectivity index (χ1n) is 9.05. The molecule has 0 spiro atoms. The maximum Gasteiger partial charge on any atom is 0.320 e. The molecule has 1 aromatic carbocycles. The molecule has 1 saturated carbocycles. The molecule has 2 N–H and O–H groups in total. The topological polar surface area (TPSA) is 90.0 Å². The zero-order valence-corrected chi connectivity index (χ0v) is 15.6. The molecule has 0 aromatic heterocycles. The van der Waals surface area contributed by atoms with Crippen molar-refractivity contribution >= 4 is 23.5 Å². The highest BCUT2D eigenvalue weighted by atomic mass is 16.4. The zero-order chi connectivity index (χ0) is 19.3. The standard InChI is InChI=1S/C19H27N3O4/c1-4-21(5-2)18(24)14-6-8-15(9-7-14)20-17(23)12-22(16-10-11-16)13(3)19(25)26/h6-9,13,16H,4-5,10-12H2,1-3H3,(H,20,23)(H,25,26). The second-order valence-corrected chi connectivity index (χ2v) is 6.52. The van der Waals surface area contributed by atoms with Crippen LogP contribution < -0.4 is 5.32 Å². The summed E-state index contributed by atoms with van der Waals surface area (Å²) < 4.78 is 0. The highest BCUT2D eigenvalue weighted by molar-refractivity contribution is 5.96. The fourth-order valence-electron chi connectivity index (χ4n) is 2.89. The summed E-state index contributed by atoms with van der Waals surface area (Å²) in [5.74, 6) is -1.22. The van der Waals surface area contributed by atoms with Gasteiger partial charge in [-0.1, -0.05) is 0 Å². The first-order valence-corrected chi connectivity index (χ1v) is 9.05. The second kappa shape index (κ2) is 8.80. The summed E-state index contributed by atoms with van der Waals surface area (Å²) in [4.78, 5) is 39.2. The largest absolute Gasteiger partial charge is 0.480 e. The predicted octanol–water partition coefficient (Wildman–Crippen LogP) is 2.04. The minimum Gasteiger partial charge on any atom is -0.480 e. The molecule has 0 heterocycles. The highest BCUT2D eigenvalue weighted by Crippen LogP contribution is 2.28. The van der Waals surface area contributed by atoms with Crippen LogP contribution in [0.25, 0.3) is 0 Å². The monoisotopic (exact) mass is 361 g/mol. The Balaban J connectivity index is 1.96. The number of nitrogens with one attached hydrogen (secondary N) is 1. The van der Waals surface area contributed by atoms with Gasteiger partial charge in [0.05, 0.1) is 6.54 Å². The van der Waals surface area contributed by atoms with E-state index in [1.807, 2.05) is 13.8 Å². The number of rotatable bonds is 9. The minimum absolute atomic E-state index is 0.0388. The molecule has 0 saturated heterocycles. The van der Waals surface area contributed by atoms with Gasteiger partial charge in [-0.3, -0.25) is 19.3 Å². The van der Waals surface area contributed by atoms with Crippen LogP contribution in [0, 0.1) is 0 Å². The molecule has 1 aromatic rings. The van der Waals surface area contributed by atoms with Crippen LogP contribution in [0.4, 0.5) is 5.69 Å². The lowest BCUT2D eigenvalue weighted by Crippen LogP contribution is -2.44. The fourth-order valence-corrected chi connectivity index (χ4v) is 2.89. The zero-order valence-electron chi connectivity index (χ0n) is 15.6. The predicted molar refractivity (Wildman–Crippen MR) is 99.1 cm³/mol. The Morgan fingerprint density at radius 2 is 1.73 bits per heavy atom. The first kappa shape index (κ1) is 19.9. The number of benzene rings is 1. The van der Waals surface area contributed by atoms with Gasteiger partial charge in [0.25, 0.3) is 5.91 Å². The average molecular weight is 361 g/mol. The van der Waals surface area contributed by atoms with E-state index in [0.29, 0.717) is 24.3 Å². The van der Waals surface area contributed by atoms with Crippen LogP contribution in [0.1, 0.15) is 44.0 Å². The van der Waals surface area contributed by atoms with Crippen molar-refractivity contribution in [1.82, 2.24) is 9.80 Å². The van der Waals surface area contributed by atoms with Gasteiger partial charge in [-0.05, 0) is 57.9 Å². The molecule has 2 amide bonds. The van der Waals surface area contributed by atoms with Crippen molar-refractivity contribution < 1.29 is 19.5 Å². The quantitative estimate of drug-likeness (QED) is 0.702. The van der Waals surface area contributed by atoms with E-state index in [0.717, 1.165) is 12.8 Å². The summed E-state index contributed by atoms with van der Waals surface area (Å²) in [5.41, 5.74) is 1.16. The number of aliphatic carboxylic acids is 1. The Morgan fingerprint density at radius 3 is 2.19 bits per heavy atom. The van der Waals surface area contributed by atoms with Crippen LogP contribution in [-0.2, 0) is 9.59 Å². The second-order valence-electron chi connectivity index (χ2n) is 6.52. The van der Waals surface area contributed by atoms with Crippen molar-refractivity contribution in [1.29, 1.82) is 0 Å². The van der Waals surface area contributed by atoms with Crippen molar-refractivity contribution in [3.8, 4) is 0 Å². The number of amides is 2. The fraction of sp³-hybridized carbons (Fsp3) is 0.526. The molecule has 0 radical (unpaired) electrons. The molecule has 1 fully saturated rings. The molecular formula is C19H27N3O4. The number of carboxylic acids is 1. The summed E-state index contributed by atoms with van der Waals surface area (Å²) in [5, 5.41) is 12.0. The molecule has 7 nitrogen and oxygen atoms in total. The van der Waals surface area contributed by atoms with Crippen LogP contribution in [-0.4, -0.2) is 64.4 Å². The number of hydrogen-bond donors (Lipinski definition) is 2.